The molecule has 1 atom stereocenters. The SMILES string of the molecule is C[C@H](c1ccccc1O)N(C)C(=O)c1ncccc1O. The maximum Gasteiger partial charge on any atom is 0.276 e. The first-order valence-electron chi connectivity index (χ1n) is 6.21. The van der Waals surface area contributed by atoms with E-state index in [0.717, 1.165) is 0 Å². The van der Waals surface area contributed by atoms with Crippen LogP contribution in [0, 0.1) is 0 Å². The second-order valence-corrected chi connectivity index (χ2v) is 4.52. The Labute approximate surface area is 117 Å². The molecule has 1 amide bonds. The van der Waals surface area contributed by atoms with Gasteiger partial charge in [0.05, 0.1) is 6.04 Å². The van der Waals surface area contributed by atoms with Crippen molar-refractivity contribution in [1.82, 2.24) is 9.88 Å². The van der Waals surface area contributed by atoms with Gasteiger partial charge in [-0.15, -0.1) is 0 Å². The van der Waals surface area contributed by atoms with Gasteiger partial charge in [0.2, 0.25) is 0 Å². The highest BCUT2D eigenvalue weighted by Crippen LogP contribution is 2.28. The molecule has 0 aliphatic carbocycles. The fourth-order valence-corrected chi connectivity index (χ4v) is 1.95. The maximum atomic E-state index is 12.3. The van der Waals surface area contributed by atoms with E-state index in [9.17, 15) is 15.0 Å². The van der Waals surface area contributed by atoms with Gasteiger partial charge < -0.3 is 15.1 Å². The number of benzene rings is 1. The lowest BCUT2D eigenvalue weighted by Crippen LogP contribution is -2.30. The summed E-state index contributed by atoms with van der Waals surface area (Å²) in [5.74, 6) is -0.433. The zero-order valence-corrected chi connectivity index (χ0v) is 11.3. The lowest BCUT2D eigenvalue weighted by Gasteiger charge is -2.25. The molecule has 5 nitrogen and oxygen atoms in total. The highest BCUT2D eigenvalue weighted by Gasteiger charge is 2.23. The van der Waals surface area contributed by atoms with Crippen LogP contribution in [0.4, 0.5) is 0 Å². The molecule has 0 unspecified atom stereocenters. The van der Waals surface area contributed by atoms with Crippen molar-refractivity contribution in [3.63, 3.8) is 0 Å². The van der Waals surface area contributed by atoms with Crippen molar-refractivity contribution in [3.05, 3.63) is 53.9 Å². The molecule has 0 spiro atoms. The van der Waals surface area contributed by atoms with Gasteiger partial charge in [0.1, 0.15) is 11.5 Å². The first-order chi connectivity index (χ1) is 9.52. The van der Waals surface area contributed by atoms with Crippen LogP contribution >= 0.6 is 0 Å². The van der Waals surface area contributed by atoms with Crippen LogP contribution < -0.4 is 0 Å². The Kier molecular flexibility index (Phi) is 3.89. The van der Waals surface area contributed by atoms with Gasteiger partial charge in [0.15, 0.2) is 5.69 Å². The van der Waals surface area contributed by atoms with Crippen LogP contribution in [0.15, 0.2) is 42.6 Å². The zero-order valence-electron chi connectivity index (χ0n) is 11.3. The third kappa shape index (κ3) is 2.56. The van der Waals surface area contributed by atoms with Crippen LogP contribution in [0.5, 0.6) is 11.5 Å². The number of hydrogen-bond acceptors (Lipinski definition) is 4. The summed E-state index contributed by atoms with van der Waals surface area (Å²) in [5, 5.41) is 19.5. The summed E-state index contributed by atoms with van der Waals surface area (Å²) in [6.45, 7) is 1.80. The predicted octanol–water partition coefficient (Wildman–Crippen LogP) is 2.33. The van der Waals surface area contributed by atoms with Gasteiger partial charge in [0.25, 0.3) is 5.91 Å². The number of carbonyl (C=O) groups excluding carboxylic acids is 1. The number of hydrogen-bond donors (Lipinski definition) is 2. The Morgan fingerprint density at radius 3 is 2.45 bits per heavy atom. The zero-order chi connectivity index (χ0) is 14.7. The molecule has 2 rings (SSSR count). The number of carbonyl (C=O) groups is 1. The Hall–Kier alpha value is -2.56. The number of pyridine rings is 1. The molecule has 0 radical (unpaired) electrons. The summed E-state index contributed by atoms with van der Waals surface area (Å²) < 4.78 is 0. The van der Waals surface area contributed by atoms with Crippen LogP contribution in [0.1, 0.15) is 29.0 Å². The van der Waals surface area contributed by atoms with Gasteiger partial charge in [-0.05, 0) is 25.1 Å². The predicted molar refractivity (Wildman–Crippen MR) is 74.5 cm³/mol. The molecule has 0 aliphatic rings. The van der Waals surface area contributed by atoms with Crippen molar-refractivity contribution in [3.8, 4) is 11.5 Å². The molecule has 1 aromatic carbocycles. The van der Waals surface area contributed by atoms with Crippen molar-refractivity contribution >= 4 is 5.91 Å². The van der Waals surface area contributed by atoms with Gasteiger partial charge in [-0.1, -0.05) is 18.2 Å². The number of aromatic nitrogens is 1. The summed E-state index contributed by atoms with van der Waals surface area (Å²) in [7, 11) is 1.60. The number of nitrogens with zero attached hydrogens (tertiary/aromatic N) is 2. The molecule has 0 aliphatic heterocycles. The van der Waals surface area contributed by atoms with E-state index in [0.29, 0.717) is 5.56 Å². The minimum atomic E-state index is -0.404. The van der Waals surface area contributed by atoms with Crippen LogP contribution in [-0.4, -0.2) is 33.1 Å². The van der Waals surface area contributed by atoms with E-state index >= 15 is 0 Å². The lowest BCUT2D eigenvalue weighted by atomic mass is 10.1. The number of amides is 1. The molecule has 104 valence electrons. The van der Waals surface area contributed by atoms with E-state index in [1.807, 2.05) is 0 Å². The molecule has 2 aromatic rings. The summed E-state index contributed by atoms with van der Waals surface area (Å²) in [6, 6.07) is 9.46. The topological polar surface area (TPSA) is 73.7 Å². The van der Waals surface area contributed by atoms with Crippen molar-refractivity contribution < 1.29 is 15.0 Å². The minimum Gasteiger partial charge on any atom is -0.508 e. The molecule has 0 fully saturated rings. The number of phenols is 1. The molecule has 5 heteroatoms. The van der Waals surface area contributed by atoms with Gasteiger partial charge in [-0.2, -0.15) is 0 Å². The first kappa shape index (κ1) is 13.9. The lowest BCUT2D eigenvalue weighted by molar-refractivity contribution is 0.0732. The molecular formula is C15H16N2O3. The Morgan fingerprint density at radius 1 is 1.15 bits per heavy atom. The summed E-state index contributed by atoms with van der Waals surface area (Å²) >= 11 is 0. The van der Waals surface area contributed by atoms with E-state index in [1.165, 1.54) is 17.2 Å². The van der Waals surface area contributed by atoms with Crippen LogP contribution in [0.2, 0.25) is 0 Å². The number of aromatic hydroxyl groups is 2. The van der Waals surface area contributed by atoms with Gasteiger partial charge in [-0.25, -0.2) is 4.98 Å². The smallest absolute Gasteiger partial charge is 0.276 e. The van der Waals surface area contributed by atoms with E-state index in [-0.39, 0.29) is 23.2 Å². The highest BCUT2D eigenvalue weighted by atomic mass is 16.3. The monoisotopic (exact) mass is 272 g/mol. The summed E-state index contributed by atoms with van der Waals surface area (Å²) in [6.07, 6.45) is 1.45. The molecule has 2 N–H and O–H groups in total. The van der Waals surface area contributed by atoms with Gasteiger partial charge >= 0.3 is 0 Å². The van der Waals surface area contributed by atoms with Crippen molar-refractivity contribution in [1.29, 1.82) is 0 Å². The molecule has 20 heavy (non-hydrogen) atoms. The maximum absolute atomic E-state index is 12.3. The third-order valence-electron chi connectivity index (χ3n) is 3.28. The van der Waals surface area contributed by atoms with Crippen LogP contribution in [0.25, 0.3) is 0 Å². The second kappa shape index (κ2) is 5.61. The molecular weight excluding hydrogens is 256 g/mol. The third-order valence-corrected chi connectivity index (χ3v) is 3.28. The van der Waals surface area contributed by atoms with E-state index in [1.54, 1.807) is 44.3 Å². The van der Waals surface area contributed by atoms with E-state index in [2.05, 4.69) is 4.98 Å². The first-order valence-corrected chi connectivity index (χ1v) is 6.21. The number of para-hydroxylation sites is 1. The Balaban J connectivity index is 2.28. The quantitative estimate of drug-likeness (QED) is 0.899. The van der Waals surface area contributed by atoms with Gasteiger partial charge in [-0.3, -0.25) is 4.79 Å². The fraction of sp³-hybridized carbons (Fsp3) is 0.200. The number of phenolic OH excluding ortho intramolecular Hbond substituents is 1. The van der Waals surface area contributed by atoms with Crippen LogP contribution in [0.3, 0.4) is 0 Å². The second-order valence-electron chi connectivity index (χ2n) is 4.52. The number of rotatable bonds is 3. The molecule has 1 heterocycles. The van der Waals surface area contributed by atoms with Crippen LogP contribution in [-0.2, 0) is 0 Å². The highest BCUT2D eigenvalue weighted by molar-refractivity contribution is 5.94. The van der Waals surface area contributed by atoms with E-state index in [4.69, 9.17) is 0 Å². The van der Waals surface area contributed by atoms with Crippen molar-refractivity contribution in [2.75, 3.05) is 7.05 Å². The average Bonchev–Trinajstić information content (AvgIpc) is 2.46. The molecule has 0 saturated heterocycles. The van der Waals surface area contributed by atoms with E-state index < -0.39 is 5.91 Å². The van der Waals surface area contributed by atoms with Gasteiger partial charge in [0, 0.05) is 18.8 Å². The largest absolute Gasteiger partial charge is 0.508 e. The molecule has 0 bridgehead atoms. The Bertz CT molecular complexity index is 628. The fourth-order valence-electron chi connectivity index (χ4n) is 1.95. The van der Waals surface area contributed by atoms with Crippen molar-refractivity contribution in [2.45, 2.75) is 13.0 Å². The average molecular weight is 272 g/mol. The normalized spacial score (nSPS) is 11.9. The molecule has 0 saturated carbocycles. The summed E-state index contributed by atoms with van der Waals surface area (Å²) in [4.78, 5) is 17.6. The van der Waals surface area contributed by atoms with Crippen molar-refractivity contribution in [2.24, 2.45) is 0 Å². The Morgan fingerprint density at radius 2 is 1.80 bits per heavy atom. The summed E-state index contributed by atoms with van der Waals surface area (Å²) in [5.41, 5.74) is 0.635. The minimum absolute atomic E-state index is 0.00253. The molecule has 1 aromatic heterocycles. The standard InChI is InChI=1S/C15H16N2O3/c1-10(11-6-3-4-7-12(11)18)17(2)15(20)14-13(19)8-5-9-16-14/h3-10,18-19H,1-2H3/t10-/m1/s1.